The molecule has 7 nitrogen and oxygen atoms in total. The molecule has 1 saturated heterocycles. The van der Waals surface area contributed by atoms with Gasteiger partial charge in [-0.15, -0.1) is 0 Å². The molecule has 1 atom stereocenters. The number of nitrogens with one attached hydrogen (secondary N) is 1. The Morgan fingerprint density at radius 2 is 1.86 bits per heavy atom. The maximum Gasteiger partial charge on any atom is 0.413 e. The van der Waals surface area contributed by atoms with Gasteiger partial charge in [0.25, 0.3) is 0 Å². The van der Waals surface area contributed by atoms with Gasteiger partial charge in [-0.1, -0.05) is 12.1 Å². The van der Waals surface area contributed by atoms with Gasteiger partial charge in [0.1, 0.15) is 5.75 Å². The number of benzene rings is 1. The number of piperazine rings is 1. The van der Waals surface area contributed by atoms with E-state index in [-0.39, 0.29) is 11.7 Å². The molecule has 1 heterocycles. The number of anilines is 1. The van der Waals surface area contributed by atoms with Gasteiger partial charge in [0, 0.05) is 26.2 Å². The molecule has 2 amide bonds. The van der Waals surface area contributed by atoms with Crippen LogP contribution in [0.25, 0.3) is 0 Å². The van der Waals surface area contributed by atoms with E-state index in [2.05, 4.69) is 15.0 Å². The number of alkyl carbamates (subject to hydrolysis) is 1. The Bertz CT molecular complexity index is 541. The molecule has 2 rings (SSSR count). The Kier molecular flexibility index (Phi) is 5.21. The van der Waals surface area contributed by atoms with Crippen molar-refractivity contribution in [2.75, 3.05) is 38.2 Å². The van der Waals surface area contributed by atoms with E-state index in [0.717, 1.165) is 5.69 Å². The summed E-state index contributed by atoms with van der Waals surface area (Å²) in [5.41, 5.74) is 0.800. The molecule has 0 saturated carbocycles. The number of hydrogen-bond acceptors (Lipinski definition) is 6. The fraction of sp³-hybridized carbons (Fsp3) is 0.467. The minimum absolute atomic E-state index is 0.257. The molecule has 0 aromatic heterocycles. The van der Waals surface area contributed by atoms with Crippen molar-refractivity contribution >= 4 is 17.7 Å². The topological polar surface area (TPSA) is 82.1 Å². The lowest BCUT2D eigenvalue weighted by atomic mass is 10.2. The van der Waals surface area contributed by atoms with E-state index < -0.39 is 12.1 Å². The lowest BCUT2D eigenvalue weighted by Crippen LogP contribution is -2.54. The average molecular weight is 307 g/mol. The van der Waals surface area contributed by atoms with E-state index in [0.29, 0.717) is 26.2 Å². The summed E-state index contributed by atoms with van der Waals surface area (Å²) >= 11 is 0. The van der Waals surface area contributed by atoms with Crippen LogP contribution in [0.3, 0.4) is 0 Å². The van der Waals surface area contributed by atoms with Crippen LogP contribution in [0.15, 0.2) is 24.3 Å². The lowest BCUT2D eigenvalue weighted by molar-refractivity contribution is -0.125. The molecule has 1 aromatic rings. The van der Waals surface area contributed by atoms with E-state index in [9.17, 15) is 14.7 Å². The van der Waals surface area contributed by atoms with E-state index in [1.54, 1.807) is 19.1 Å². The predicted octanol–water partition coefficient (Wildman–Crippen LogP) is 0.785. The number of amides is 2. The number of hydrogen-bond donors (Lipinski definition) is 2. The van der Waals surface area contributed by atoms with Gasteiger partial charge in [0.15, 0.2) is 0 Å². The third-order valence-corrected chi connectivity index (χ3v) is 3.87. The van der Waals surface area contributed by atoms with Crippen molar-refractivity contribution in [3.63, 3.8) is 0 Å². The van der Waals surface area contributed by atoms with Crippen molar-refractivity contribution in [1.82, 2.24) is 10.2 Å². The quantitative estimate of drug-likeness (QED) is 0.859. The van der Waals surface area contributed by atoms with Crippen molar-refractivity contribution in [2.45, 2.75) is 13.0 Å². The van der Waals surface area contributed by atoms with Crippen LogP contribution in [0.4, 0.5) is 10.5 Å². The average Bonchev–Trinajstić information content (AvgIpc) is 2.54. The highest BCUT2D eigenvalue weighted by atomic mass is 16.5. The molecule has 7 heteroatoms. The summed E-state index contributed by atoms with van der Waals surface area (Å²) in [7, 11) is 1.22. The third kappa shape index (κ3) is 3.67. The zero-order valence-electron chi connectivity index (χ0n) is 12.8. The van der Waals surface area contributed by atoms with Gasteiger partial charge >= 0.3 is 6.09 Å². The summed E-state index contributed by atoms with van der Waals surface area (Å²) in [6.07, 6.45) is -0.746. The molecule has 0 spiro atoms. The summed E-state index contributed by atoms with van der Waals surface area (Å²) in [5, 5.41) is 12.1. The van der Waals surface area contributed by atoms with Gasteiger partial charge in [0.2, 0.25) is 5.91 Å². The molecule has 1 fully saturated rings. The number of carbonyl (C=O) groups is 2. The number of phenolic OH excluding ortho intramolecular Hbond substituents is 1. The summed E-state index contributed by atoms with van der Waals surface area (Å²) in [5.74, 6) is -0.115. The molecule has 0 unspecified atom stereocenters. The minimum Gasteiger partial charge on any atom is -0.506 e. The molecule has 1 aromatic carbocycles. The second kappa shape index (κ2) is 7.13. The standard InChI is InChI=1S/C15H21N3O4/c1-11(14(20)16-15(21)22-2)17-7-9-18(10-8-17)12-5-3-4-6-13(12)19/h3-6,11,19H,7-10H2,1-2H3,(H,16,20,21)/t11-/m1/s1. The molecule has 22 heavy (non-hydrogen) atoms. The first-order valence-corrected chi connectivity index (χ1v) is 7.18. The van der Waals surface area contributed by atoms with Gasteiger partial charge < -0.3 is 14.7 Å². The van der Waals surface area contributed by atoms with Crippen LogP contribution in [0.1, 0.15) is 6.92 Å². The molecule has 0 aliphatic carbocycles. The fourth-order valence-electron chi connectivity index (χ4n) is 2.50. The van der Waals surface area contributed by atoms with E-state index in [1.165, 1.54) is 7.11 Å². The predicted molar refractivity (Wildman–Crippen MR) is 81.9 cm³/mol. The number of methoxy groups -OCH3 is 1. The van der Waals surface area contributed by atoms with Crippen LogP contribution in [0, 0.1) is 0 Å². The lowest BCUT2D eigenvalue weighted by Gasteiger charge is -2.38. The molecule has 2 N–H and O–H groups in total. The van der Waals surface area contributed by atoms with Gasteiger partial charge in [-0.2, -0.15) is 0 Å². The molecule has 0 bridgehead atoms. The number of para-hydroxylation sites is 2. The van der Waals surface area contributed by atoms with Gasteiger partial charge in [0.05, 0.1) is 18.8 Å². The maximum atomic E-state index is 11.9. The van der Waals surface area contributed by atoms with Crippen molar-refractivity contribution in [3.05, 3.63) is 24.3 Å². The van der Waals surface area contributed by atoms with Crippen LogP contribution < -0.4 is 10.2 Å². The van der Waals surface area contributed by atoms with Crippen LogP contribution in [-0.4, -0.2) is 61.3 Å². The van der Waals surface area contributed by atoms with Crippen molar-refractivity contribution in [3.8, 4) is 5.75 Å². The highest BCUT2D eigenvalue weighted by Crippen LogP contribution is 2.27. The number of aromatic hydroxyl groups is 1. The van der Waals surface area contributed by atoms with Crippen LogP contribution in [0.5, 0.6) is 5.75 Å². The van der Waals surface area contributed by atoms with Crippen LogP contribution in [0.2, 0.25) is 0 Å². The number of imide groups is 1. The fourth-order valence-corrected chi connectivity index (χ4v) is 2.50. The molecular weight excluding hydrogens is 286 g/mol. The Hall–Kier alpha value is -2.28. The Morgan fingerprint density at radius 1 is 1.23 bits per heavy atom. The van der Waals surface area contributed by atoms with Gasteiger partial charge in [-0.05, 0) is 19.1 Å². The Labute approximate surface area is 129 Å². The largest absolute Gasteiger partial charge is 0.506 e. The summed E-state index contributed by atoms with van der Waals surface area (Å²) in [6, 6.07) is 6.79. The molecule has 0 radical (unpaired) electrons. The van der Waals surface area contributed by atoms with Crippen molar-refractivity contribution in [2.24, 2.45) is 0 Å². The first kappa shape index (κ1) is 16.1. The Morgan fingerprint density at radius 3 is 2.45 bits per heavy atom. The minimum atomic E-state index is -0.746. The maximum absolute atomic E-state index is 11.9. The zero-order valence-corrected chi connectivity index (χ0v) is 12.8. The number of rotatable bonds is 3. The Balaban J connectivity index is 1.90. The normalized spacial score (nSPS) is 16.9. The highest BCUT2D eigenvalue weighted by molar-refractivity contribution is 5.94. The second-order valence-electron chi connectivity index (χ2n) is 5.17. The van der Waals surface area contributed by atoms with E-state index >= 15 is 0 Å². The number of carbonyl (C=O) groups excluding carboxylic acids is 2. The molecular formula is C15H21N3O4. The second-order valence-corrected chi connectivity index (χ2v) is 5.17. The molecule has 120 valence electrons. The monoisotopic (exact) mass is 307 g/mol. The summed E-state index contributed by atoms with van der Waals surface area (Å²) in [4.78, 5) is 27.1. The van der Waals surface area contributed by atoms with Crippen LogP contribution >= 0.6 is 0 Å². The highest BCUT2D eigenvalue weighted by Gasteiger charge is 2.27. The number of ether oxygens (including phenoxy) is 1. The van der Waals surface area contributed by atoms with Crippen LogP contribution in [-0.2, 0) is 9.53 Å². The van der Waals surface area contributed by atoms with Crippen molar-refractivity contribution in [1.29, 1.82) is 0 Å². The number of nitrogens with zero attached hydrogens (tertiary/aromatic N) is 2. The third-order valence-electron chi connectivity index (χ3n) is 3.87. The smallest absolute Gasteiger partial charge is 0.413 e. The summed E-state index contributed by atoms with van der Waals surface area (Å²) < 4.78 is 4.42. The zero-order chi connectivity index (χ0) is 16.1. The van der Waals surface area contributed by atoms with Crippen molar-refractivity contribution < 1.29 is 19.4 Å². The molecule has 1 aliphatic rings. The number of phenols is 1. The summed E-state index contributed by atoms with van der Waals surface area (Å²) in [6.45, 7) is 4.50. The van der Waals surface area contributed by atoms with Gasteiger partial charge in [-0.3, -0.25) is 15.0 Å². The molecule has 1 aliphatic heterocycles. The van der Waals surface area contributed by atoms with E-state index in [1.807, 2.05) is 17.0 Å². The van der Waals surface area contributed by atoms with E-state index in [4.69, 9.17) is 0 Å². The van der Waals surface area contributed by atoms with Gasteiger partial charge in [-0.25, -0.2) is 4.79 Å². The first-order chi connectivity index (χ1) is 10.5. The SMILES string of the molecule is COC(=O)NC(=O)[C@@H](C)N1CCN(c2ccccc2O)CC1. The first-order valence-electron chi connectivity index (χ1n) is 7.18.